The summed E-state index contributed by atoms with van der Waals surface area (Å²) in [6.45, 7) is 2.24. The van der Waals surface area contributed by atoms with E-state index in [0.717, 1.165) is 16.8 Å². The Morgan fingerprint density at radius 1 is 1.16 bits per heavy atom. The highest BCUT2D eigenvalue weighted by atomic mass is 16.5. The molecule has 1 aromatic heterocycles. The molecule has 0 fully saturated rings. The highest BCUT2D eigenvalue weighted by Gasteiger charge is 2.09. The van der Waals surface area contributed by atoms with Crippen molar-refractivity contribution >= 4 is 11.6 Å². The van der Waals surface area contributed by atoms with Gasteiger partial charge in [0.2, 0.25) is 0 Å². The number of amides is 1. The summed E-state index contributed by atoms with van der Waals surface area (Å²) in [6, 6.07) is 15.2. The van der Waals surface area contributed by atoms with Crippen LogP contribution in [0.5, 0.6) is 0 Å². The first-order valence-electron chi connectivity index (χ1n) is 7.98. The van der Waals surface area contributed by atoms with Crippen molar-refractivity contribution in [1.82, 2.24) is 15.5 Å². The quantitative estimate of drug-likeness (QED) is 0.775. The normalized spacial score (nSPS) is 10.5. The van der Waals surface area contributed by atoms with Crippen molar-refractivity contribution in [2.24, 2.45) is 0 Å². The molecule has 1 heterocycles. The summed E-state index contributed by atoms with van der Waals surface area (Å²) in [4.78, 5) is 18.5. The molecule has 0 unspecified atom stereocenters. The first-order chi connectivity index (χ1) is 12.0. The van der Waals surface area contributed by atoms with Gasteiger partial charge in [-0.3, -0.25) is 4.79 Å². The van der Waals surface area contributed by atoms with Crippen molar-refractivity contribution in [3.63, 3.8) is 0 Å². The number of hydrogen-bond donors (Lipinski definition) is 1. The zero-order chi connectivity index (χ0) is 17.8. The summed E-state index contributed by atoms with van der Waals surface area (Å²) in [5.41, 5.74) is 3.53. The molecular formula is C19H20N4O2. The summed E-state index contributed by atoms with van der Waals surface area (Å²) in [6.07, 6.45) is 0. The summed E-state index contributed by atoms with van der Waals surface area (Å²) in [5, 5.41) is 6.70. The van der Waals surface area contributed by atoms with Crippen molar-refractivity contribution in [2.45, 2.75) is 13.5 Å². The molecule has 0 radical (unpaired) electrons. The Morgan fingerprint density at radius 2 is 1.92 bits per heavy atom. The van der Waals surface area contributed by atoms with Crippen molar-refractivity contribution in [3.8, 4) is 11.5 Å². The summed E-state index contributed by atoms with van der Waals surface area (Å²) in [7, 11) is 3.98. The highest BCUT2D eigenvalue weighted by Crippen LogP contribution is 2.18. The van der Waals surface area contributed by atoms with Gasteiger partial charge in [-0.2, -0.15) is 4.98 Å². The first-order valence-corrected chi connectivity index (χ1v) is 7.98. The Kier molecular flexibility index (Phi) is 4.79. The van der Waals surface area contributed by atoms with E-state index in [2.05, 4.69) is 21.5 Å². The van der Waals surface area contributed by atoms with Gasteiger partial charge in [0.15, 0.2) is 5.82 Å². The van der Waals surface area contributed by atoms with Gasteiger partial charge in [0.05, 0.1) is 0 Å². The minimum Gasteiger partial charge on any atom is -0.378 e. The minimum atomic E-state index is -0.122. The molecular weight excluding hydrogens is 316 g/mol. The third-order valence-corrected chi connectivity index (χ3v) is 3.80. The van der Waals surface area contributed by atoms with Gasteiger partial charge in [0.1, 0.15) is 0 Å². The Morgan fingerprint density at radius 3 is 2.56 bits per heavy atom. The lowest BCUT2D eigenvalue weighted by atomic mass is 10.1. The fourth-order valence-electron chi connectivity index (χ4n) is 2.41. The first kappa shape index (κ1) is 16.7. The maximum Gasteiger partial charge on any atom is 0.257 e. The SMILES string of the molecule is Cc1noc(-c2ccc(C(=O)NCc3cccc(N(C)C)c3)cc2)n1. The number of anilines is 1. The molecule has 6 heteroatoms. The highest BCUT2D eigenvalue weighted by molar-refractivity contribution is 5.94. The molecule has 0 aliphatic heterocycles. The molecule has 1 amide bonds. The van der Waals surface area contributed by atoms with E-state index in [0.29, 0.717) is 23.8 Å². The number of nitrogens with zero attached hydrogens (tertiary/aromatic N) is 3. The summed E-state index contributed by atoms with van der Waals surface area (Å²) >= 11 is 0. The molecule has 128 valence electrons. The van der Waals surface area contributed by atoms with Crippen LogP contribution in [0.1, 0.15) is 21.7 Å². The molecule has 3 aromatic rings. The van der Waals surface area contributed by atoms with E-state index in [1.165, 1.54) is 0 Å². The van der Waals surface area contributed by atoms with Crippen LogP contribution >= 0.6 is 0 Å². The van der Waals surface area contributed by atoms with Crippen LogP contribution < -0.4 is 10.2 Å². The Bertz CT molecular complexity index is 869. The van der Waals surface area contributed by atoms with Gasteiger partial charge in [-0.1, -0.05) is 17.3 Å². The molecule has 0 aliphatic rings. The average Bonchev–Trinajstić information content (AvgIpc) is 3.06. The van der Waals surface area contributed by atoms with Crippen LogP contribution in [0.25, 0.3) is 11.5 Å². The predicted molar refractivity (Wildman–Crippen MR) is 96.4 cm³/mol. The van der Waals surface area contributed by atoms with Crippen molar-refractivity contribution < 1.29 is 9.32 Å². The second kappa shape index (κ2) is 7.17. The fraction of sp³-hybridized carbons (Fsp3) is 0.211. The number of benzene rings is 2. The molecule has 0 bridgehead atoms. The van der Waals surface area contributed by atoms with Gasteiger partial charge < -0.3 is 14.7 Å². The Balaban J connectivity index is 1.64. The molecule has 0 saturated carbocycles. The van der Waals surface area contributed by atoms with Crippen LogP contribution in [0.15, 0.2) is 53.1 Å². The van der Waals surface area contributed by atoms with Crippen LogP contribution in [-0.2, 0) is 6.54 Å². The van der Waals surface area contributed by atoms with Gasteiger partial charge in [0, 0.05) is 37.5 Å². The van der Waals surface area contributed by atoms with Gasteiger partial charge in [0.25, 0.3) is 11.8 Å². The topological polar surface area (TPSA) is 71.3 Å². The van der Waals surface area contributed by atoms with Crippen molar-refractivity contribution in [2.75, 3.05) is 19.0 Å². The van der Waals surface area contributed by atoms with Gasteiger partial charge in [-0.05, 0) is 48.9 Å². The zero-order valence-corrected chi connectivity index (χ0v) is 14.5. The lowest BCUT2D eigenvalue weighted by molar-refractivity contribution is 0.0951. The molecule has 6 nitrogen and oxygen atoms in total. The number of carbonyl (C=O) groups is 1. The van der Waals surface area contributed by atoms with Crippen molar-refractivity contribution in [3.05, 3.63) is 65.5 Å². The number of carbonyl (C=O) groups excluding carboxylic acids is 1. The Labute approximate surface area is 146 Å². The molecule has 0 spiro atoms. The third kappa shape index (κ3) is 4.03. The molecule has 0 aliphatic carbocycles. The maximum absolute atomic E-state index is 12.3. The number of aryl methyl sites for hydroxylation is 1. The second-order valence-electron chi connectivity index (χ2n) is 5.97. The third-order valence-electron chi connectivity index (χ3n) is 3.80. The van der Waals surface area contributed by atoms with Crippen molar-refractivity contribution in [1.29, 1.82) is 0 Å². The van der Waals surface area contributed by atoms with E-state index in [1.807, 2.05) is 37.2 Å². The molecule has 0 atom stereocenters. The molecule has 1 N–H and O–H groups in total. The fourth-order valence-corrected chi connectivity index (χ4v) is 2.41. The largest absolute Gasteiger partial charge is 0.378 e. The van der Waals surface area contributed by atoms with E-state index in [4.69, 9.17) is 4.52 Å². The van der Waals surface area contributed by atoms with Crippen LogP contribution in [-0.4, -0.2) is 30.1 Å². The Hall–Kier alpha value is -3.15. The van der Waals surface area contributed by atoms with Gasteiger partial charge >= 0.3 is 0 Å². The number of aromatic nitrogens is 2. The second-order valence-corrected chi connectivity index (χ2v) is 5.97. The molecule has 25 heavy (non-hydrogen) atoms. The molecule has 0 saturated heterocycles. The lowest BCUT2D eigenvalue weighted by Gasteiger charge is -2.14. The summed E-state index contributed by atoms with van der Waals surface area (Å²) in [5.74, 6) is 0.908. The molecule has 2 aromatic carbocycles. The monoisotopic (exact) mass is 336 g/mol. The van der Waals surface area contributed by atoms with Gasteiger partial charge in [-0.25, -0.2) is 0 Å². The van der Waals surface area contributed by atoms with Crippen LogP contribution in [0, 0.1) is 6.92 Å². The standard InChI is InChI=1S/C19H20N4O2/c1-13-21-19(25-22-13)16-9-7-15(8-10-16)18(24)20-12-14-5-4-6-17(11-14)23(2)3/h4-11H,12H2,1-3H3,(H,20,24). The van der Waals surface area contributed by atoms with E-state index < -0.39 is 0 Å². The minimum absolute atomic E-state index is 0.122. The van der Waals surface area contributed by atoms with E-state index in [1.54, 1.807) is 31.2 Å². The van der Waals surface area contributed by atoms with Crippen LogP contribution in [0.2, 0.25) is 0 Å². The zero-order valence-electron chi connectivity index (χ0n) is 14.5. The maximum atomic E-state index is 12.3. The number of hydrogen-bond acceptors (Lipinski definition) is 5. The van der Waals surface area contributed by atoms with E-state index >= 15 is 0 Å². The van der Waals surface area contributed by atoms with Crippen LogP contribution in [0.4, 0.5) is 5.69 Å². The number of nitrogens with one attached hydrogen (secondary N) is 1. The van der Waals surface area contributed by atoms with E-state index in [9.17, 15) is 4.79 Å². The predicted octanol–water partition coefficient (Wildman–Crippen LogP) is 3.04. The average molecular weight is 336 g/mol. The smallest absolute Gasteiger partial charge is 0.257 e. The van der Waals surface area contributed by atoms with E-state index in [-0.39, 0.29) is 5.91 Å². The molecule has 3 rings (SSSR count). The lowest BCUT2D eigenvalue weighted by Crippen LogP contribution is -2.22. The van der Waals surface area contributed by atoms with Gasteiger partial charge in [-0.15, -0.1) is 0 Å². The number of rotatable bonds is 5. The van der Waals surface area contributed by atoms with Crippen LogP contribution in [0.3, 0.4) is 0 Å². The summed E-state index contributed by atoms with van der Waals surface area (Å²) < 4.78 is 5.12.